The number of benzene rings is 2. The third kappa shape index (κ3) is 4.46. The van der Waals surface area contributed by atoms with Crippen molar-refractivity contribution in [3.05, 3.63) is 51.5 Å². The lowest BCUT2D eigenvalue weighted by molar-refractivity contribution is -0.132. The van der Waals surface area contributed by atoms with Crippen LogP contribution in [0.5, 0.6) is 5.75 Å². The normalized spacial score (nSPS) is 10.1. The Morgan fingerprint density at radius 1 is 1.04 bits per heavy atom. The molecule has 0 unspecified atom stereocenters. The Bertz CT molecular complexity index is 765. The summed E-state index contributed by atoms with van der Waals surface area (Å²) < 4.78 is 5.87. The number of methoxy groups -OCH3 is 1. The van der Waals surface area contributed by atoms with E-state index in [0.717, 1.165) is 10.0 Å². The molecule has 7 heteroatoms. The van der Waals surface area contributed by atoms with Gasteiger partial charge in [-0.1, -0.05) is 33.6 Å². The largest absolute Gasteiger partial charge is 0.495 e. The Balaban J connectivity index is 2.03. The van der Waals surface area contributed by atoms with Gasteiger partial charge in [0.15, 0.2) is 0 Å². The first-order valence-corrected chi connectivity index (χ1v) is 7.80. The number of carbonyl (C=O) groups is 2. The Morgan fingerprint density at radius 2 is 1.61 bits per heavy atom. The van der Waals surface area contributed by atoms with Gasteiger partial charge in [-0.05, 0) is 42.8 Å². The van der Waals surface area contributed by atoms with E-state index in [9.17, 15) is 9.59 Å². The number of halogens is 2. The van der Waals surface area contributed by atoms with Crippen LogP contribution in [0.3, 0.4) is 0 Å². The lowest BCUT2D eigenvalue weighted by Crippen LogP contribution is -2.29. The van der Waals surface area contributed by atoms with Crippen LogP contribution in [-0.2, 0) is 9.59 Å². The summed E-state index contributed by atoms with van der Waals surface area (Å²) in [4.78, 5) is 23.9. The van der Waals surface area contributed by atoms with Crippen LogP contribution >= 0.6 is 27.5 Å². The molecule has 0 fully saturated rings. The Morgan fingerprint density at radius 3 is 2.13 bits per heavy atom. The minimum Gasteiger partial charge on any atom is -0.495 e. The number of nitrogens with one attached hydrogen (secondary N) is 2. The maximum atomic E-state index is 11.9. The molecule has 0 atom stereocenters. The molecular weight excluding hydrogens is 384 g/mol. The van der Waals surface area contributed by atoms with E-state index in [1.165, 1.54) is 13.2 Å². The highest BCUT2D eigenvalue weighted by atomic mass is 79.9. The number of ether oxygens (including phenoxy) is 1. The zero-order valence-corrected chi connectivity index (χ0v) is 14.8. The van der Waals surface area contributed by atoms with Crippen LogP contribution in [0.4, 0.5) is 11.4 Å². The summed E-state index contributed by atoms with van der Waals surface area (Å²) in [5.74, 6) is -1.07. The average molecular weight is 398 g/mol. The molecule has 120 valence electrons. The smallest absolute Gasteiger partial charge is 0.314 e. The summed E-state index contributed by atoms with van der Waals surface area (Å²) in [6.45, 7) is 1.93. The highest BCUT2D eigenvalue weighted by Gasteiger charge is 2.15. The van der Waals surface area contributed by atoms with Crippen molar-refractivity contribution in [2.45, 2.75) is 6.92 Å². The van der Waals surface area contributed by atoms with E-state index < -0.39 is 11.8 Å². The van der Waals surface area contributed by atoms with Crippen molar-refractivity contribution in [3.8, 4) is 5.75 Å². The van der Waals surface area contributed by atoms with Gasteiger partial charge in [0.05, 0.1) is 12.1 Å². The predicted molar refractivity (Wildman–Crippen MR) is 94.1 cm³/mol. The topological polar surface area (TPSA) is 67.4 Å². The number of aryl methyl sites for hydroxylation is 1. The molecule has 0 spiro atoms. The fourth-order valence-corrected chi connectivity index (χ4v) is 2.43. The molecule has 2 aromatic rings. The average Bonchev–Trinajstić information content (AvgIpc) is 2.51. The van der Waals surface area contributed by atoms with E-state index in [2.05, 4.69) is 26.6 Å². The summed E-state index contributed by atoms with van der Waals surface area (Å²) in [5.41, 5.74) is 1.96. The molecule has 23 heavy (non-hydrogen) atoms. The molecule has 2 N–H and O–H groups in total. The van der Waals surface area contributed by atoms with Crippen molar-refractivity contribution in [2.75, 3.05) is 17.7 Å². The Kier molecular flexibility index (Phi) is 5.63. The SMILES string of the molecule is COc1ccc(NC(=O)C(=O)Nc2ccc(C)c(Br)c2)cc1Cl. The number of amides is 2. The van der Waals surface area contributed by atoms with Crippen LogP contribution in [0, 0.1) is 6.92 Å². The minimum atomic E-state index is -0.789. The van der Waals surface area contributed by atoms with Gasteiger partial charge in [0, 0.05) is 15.8 Å². The van der Waals surface area contributed by atoms with Crippen LogP contribution in [0.1, 0.15) is 5.56 Å². The zero-order valence-electron chi connectivity index (χ0n) is 12.4. The quantitative estimate of drug-likeness (QED) is 0.769. The molecule has 0 radical (unpaired) electrons. The van der Waals surface area contributed by atoms with Crippen molar-refractivity contribution in [3.63, 3.8) is 0 Å². The minimum absolute atomic E-state index is 0.341. The summed E-state index contributed by atoms with van der Waals surface area (Å²) in [7, 11) is 1.49. The van der Waals surface area contributed by atoms with Crippen LogP contribution in [0.2, 0.25) is 5.02 Å². The van der Waals surface area contributed by atoms with Gasteiger partial charge in [-0.2, -0.15) is 0 Å². The molecule has 0 aliphatic heterocycles. The van der Waals surface area contributed by atoms with Gasteiger partial charge in [-0.15, -0.1) is 0 Å². The number of carbonyl (C=O) groups excluding carboxylic acids is 2. The van der Waals surface area contributed by atoms with E-state index in [4.69, 9.17) is 16.3 Å². The van der Waals surface area contributed by atoms with E-state index in [0.29, 0.717) is 22.1 Å². The number of hydrogen-bond donors (Lipinski definition) is 2. The van der Waals surface area contributed by atoms with E-state index in [1.54, 1.807) is 24.3 Å². The predicted octanol–water partition coefficient (Wildman–Crippen LogP) is 4.00. The monoisotopic (exact) mass is 396 g/mol. The summed E-state index contributed by atoms with van der Waals surface area (Å²) in [6.07, 6.45) is 0. The fourth-order valence-electron chi connectivity index (χ4n) is 1.79. The van der Waals surface area contributed by atoms with Crippen molar-refractivity contribution in [1.29, 1.82) is 0 Å². The number of hydrogen-bond acceptors (Lipinski definition) is 3. The summed E-state index contributed by atoms with van der Waals surface area (Å²) in [6, 6.07) is 9.99. The van der Waals surface area contributed by atoms with Gasteiger partial charge in [0.25, 0.3) is 0 Å². The number of rotatable bonds is 3. The molecule has 2 aromatic carbocycles. The highest BCUT2D eigenvalue weighted by Crippen LogP contribution is 2.27. The van der Waals surface area contributed by atoms with Gasteiger partial charge < -0.3 is 15.4 Å². The molecule has 2 rings (SSSR count). The first-order chi connectivity index (χ1) is 10.9. The highest BCUT2D eigenvalue weighted by molar-refractivity contribution is 9.10. The second-order valence-electron chi connectivity index (χ2n) is 4.72. The fraction of sp³-hybridized carbons (Fsp3) is 0.125. The molecular formula is C16H14BrClN2O3. The molecule has 0 aliphatic carbocycles. The lowest BCUT2D eigenvalue weighted by Gasteiger charge is -2.09. The van der Waals surface area contributed by atoms with Gasteiger partial charge in [-0.3, -0.25) is 9.59 Å². The molecule has 0 bridgehead atoms. The second-order valence-corrected chi connectivity index (χ2v) is 5.98. The molecule has 0 heterocycles. The number of anilines is 2. The van der Waals surface area contributed by atoms with Gasteiger partial charge >= 0.3 is 11.8 Å². The molecule has 2 amide bonds. The van der Waals surface area contributed by atoms with Crippen LogP contribution in [-0.4, -0.2) is 18.9 Å². The molecule has 0 aliphatic rings. The van der Waals surface area contributed by atoms with Crippen molar-refractivity contribution in [1.82, 2.24) is 0 Å². The van der Waals surface area contributed by atoms with Crippen LogP contribution in [0.25, 0.3) is 0 Å². The maximum Gasteiger partial charge on any atom is 0.314 e. The van der Waals surface area contributed by atoms with E-state index in [-0.39, 0.29) is 0 Å². The van der Waals surface area contributed by atoms with Crippen LogP contribution in [0.15, 0.2) is 40.9 Å². The van der Waals surface area contributed by atoms with Crippen molar-refractivity contribution in [2.24, 2.45) is 0 Å². The molecule has 0 aromatic heterocycles. The Labute approximate surface area is 147 Å². The van der Waals surface area contributed by atoms with E-state index >= 15 is 0 Å². The van der Waals surface area contributed by atoms with Gasteiger partial charge in [0.2, 0.25) is 0 Å². The Hall–Kier alpha value is -2.05. The third-order valence-electron chi connectivity index (χ3n) is 3.05. The standard InChI is InChI=1S/C16H14BrClN2O3/c1-9-3-4-10(7-12(9)17)19-15(21)16(22)20-11-5-6-14(23-2)13(18)8-11/h3-8H,1-2H3,(H,19,21)(H,20,22). The lowest BCUT2D eigenvalue weighted by atomic mass is 10.2. The van der Waals surface area contributed by atoms with Crippen LogP contribution < -0.4 is 15.4 Å². The van der Waals surface area contributed by atoms with Crippen molar-refractivity contribution >= 4 is 50.7 Å². The van der Waals surface area contributed by atoms with Crippen molar-refractivity contribution < 1.29 is 14.3 Å². The zero-order chi connectivity index (χ0) is 17.0. The first kappa shape index (κ1) is 17.3. The van der Waals surface area contributed by atoms with E-state index in [1.807, 2.05) is 13.0 Å². The third-order valence-corrected chi connectivity index (χ3v) is 4.20. The second kappa shape index (κ2) is 7.48. The first-order valence-electron chi connectivity index (χ1n) is 6.62. The molecule has 0 saturated carbocycles. The summed E-state index contributed by atoms with van der Waals surface area (Å²) >= 11 is 9.34. The summed E-state index contributed by atoms with van der Waals surface area (Å²) in [5, 5.41) is 5.35. The maximum absolute atomic E-state index is 11.9. The molecule has 0 saturated heterocycles. The van der Waals surface area contributed by atoms with Gasteiger partial charge in [-0.25, -0.2) is 0 Å². The molecule has 5 nitrogen and oxygen atoms in total. The van der Waals surface area contributed by atoms with Gasteiger partial charge in [0.1, 0.15) is 5.75 Å².